The van der Waals surface area contributed by atoms with Crippen LogP contribution in [0.25, 0.3) is 21.5 Å². The van der Waals surface area contributed by atoms with E-state index < -0.39 is 0 Å². The van der Waals surface area contributed by atoms with Gasteiger partial charge in [0.2, 0.25) is 0 Å². The lowest BCUT2D eigenvalue weighted by molar-refractivity contribution is 1.27. The maximum atomic E-state index is 4.46. The minimum absolute atomic E-state index is 0.737. The number of hydrogen-bond acceptors (Lipinski definition) is 1. The van der Waals surface area contributed by atoms with Crippen LogP contribution < -0.4 is 0 Å². The Morgan fingerprint density at radius 2 is 0.938 bits per heavy atom. The third kappa shape index (κ3) is 4.39. The van der Waals surface area contributed by atoms with E-state index in [4.69, 9.17) is 0 Å². The van der Waals surface area contributed by atoms with Crippen molar-refractivity contribution in [2.45, 2.75) is 13.8 Å². The molecule has 0 saturated heterocycles. The topological polar surface area (TPSA) is 12.9 Å². The first-order valence-electron chi connectivity index (χ1n) is 10.6. The van der Waals surface area contributed by atoms with E-state index in [0.29, 0.717) is 0 Å². The molecule has 0 unspecified atom stereocenters. The van der Waals surface area contributed by atoms with Crippen LogP contribution in [0.5, 0.6) is 0 Å². The molecule has 0 aliphatic heterocycles. The SMILES string of the molecule is Cc1ccc2cc(C#Cc3ccc(C#Cc4ccc5cc(C)ccc5c4)nc3)ccc2c1. The van der Waals surface area contributed by atoms with E-state index in [1.165, 1.54) is 32.7 Å². The van der Waals surface area contributed by atoms with Crippen LogP contribution in [0.2, 0.25) is 0 Å². The molecule has 0 aliphatic rings. The number of aromatic nitrogens is 1. The third-order valence-corrected chi connectivity index (χ3v) is 5.44. The van der Waals surface area contributed by atoms with Gasteiger partial charge in [-0.15, -0.1) is 0 Å². The Morgan fingerprint density at radius 1 is 0.469 bits per heavy atom. The van der Waals surface area contributed by atoms with Gasteiger partial charge < -0.3 is 0 Å². The second kappa shape index (κ2) is 8.43. The van der Waals surface area contributed by atoms with Crippen molar-refractivity contribution in [3.05, 3.63) is 125 Å². The quantitative estimate of drug-likeness (QED) is 0.257. The molecule has 32 heavy (non-hydrogen) atoms. The molecule has 150 valence electrons. The van der Waals surface area contributed by atoms with E-state index in [1.54, 1.807) is 6.20 Å². The number of pyridine rings is 1. The Labute approximate surface area is 188 Å². The number of rotatable bonds is 0. The molecule has 0 bridgehead atoms. The molecule has 5 aromatic rings. The molecule has 4 aromatic carbocycles. The lowest BCUT2D eigenvalue weighted by Gasteiger charge is -2.00. The molecule has 0 spiro atoms. The van der Waals surface area contributed by atoms with E-state index >= 15 is 0 Å². The molecule has 1 nitrogen and oxygen atoms in total. The van der Waals surface area contributed by atoms with Gasteiger partial charge >= 0.3 is 0 Å². The largest absolute Gasteiger partial charge is 0.246 e. The fraction of sp³-hybridized carbons (Fsp3) is 0.0645. The molecule has 0 aliphatic carbocycles. The average Bonchev–Trinajstić information content (AvgIpc) is 2.82. The van der Waals surface area contributed by atoms with Gasteiger partial charge in [-0.3, -0.25) is 0 Å². The van der Waals surface area contributed by atoms with E-state index in [-0.39, 0.29) is 0 Å². The Hall–Kier alpha value is -4.33. The molecule has 0 fully saturated rings. The summed E-state index contributed by atoms with van der Waals surface area (Å²) in [6, 6.07) is 29.4. The highest BCUT2D eigenvalue weighted by atomic mass is 14.7. The minimum Gasteiger partial charge on any atom is -0.246 e. The van der Waals surface area contributed by atoms with Crippen molar-refractivity contribution in [3.63, 3.8) is 0 Å². The molecule has 1 heterocycles. The molecular weight excluding hydrogens is 386 g/mol. The fourth-order valence-electron chi connectivity index (χ4n) is 3.71. The maximum absolute atomic E-state index is 4.46. The van der Waals surface area contributed by atoms with Crippen LogP contribution in [0.3, 0.4) is 0 Å². The number of fused-ring (bicyclic) bond motifs is 2. The summed E-state index contributed by atoms with van der Waals surface area (Å²) < 4.78 is 0. The van der Waals surface area contributed by atoms with Crippen molar-refractivity contribution >= 4 is 21.5 Å². The molecule has 5 rings (SSSR count). The maximum Gasteiger partial charge on any atom is 0.113 e. The van der Waals surface area contributed by atoms with Crippen molar-refractivity contribution in [1.29, 1.82) is 0 Å². The summed E-state index contributed by atoms with van der Waals surface area (Å²) in [5, 5.41) is 4.87. The van der Waals surface area contributed by atoms with Gasteiger partial charge in [0.15, 0.2) is 0 Å². The van der Waals surface area contributed by atoms with Gasteiger partial charge in [0.1, 0.15) is 5.69 Å². The Morgan fingerprint density at radius 3 is 1.50 bits per heavy atom. The fourth-order valence-corrected chi connectivity index (χ4v) is 3.71. The summed E-state index contributed by atoms with van der Waals surface area (Å²) in [7, 11) is 0. The first-order chi connectivity index (χ1) is 15.6. The van der Waals surface area contributed by atoms with Crippen molar-refractivity contribution in [3.8, 4) is 23.7 Å². The van der Waals surface area contributed by atoms with Crippen LogP contribution in [-0.2, 0) is 0 Å². The summed E-state index contributed by atoms with van der Waals surface area (Å²) in [6.07, 6.45) is 1.78. The monoisotopic (exact) mass is 407 g/mol. The summed E-state index contributed by atoms with van der Waals surface area (Å²) in [6.45, 7) is 4.21. The highest BCUT2D eigenvalue weighted by Crippen LogP contribution is 2.18. The predicted molar refractivity (Wildman–Crippen MR) is 134 cm³/mol. The number of hydrogen-bond donors (Lipinski definition) is 0. The molecule has 0 radical (unpaired) electrons. The number of benzene rings is 4. The molecular formula is C31H21N. The molecule has 0 saturated carbocycles. The van der Waals surface area contributed by atoms with Gasteiger partial charge in [0.25, 0.3) is 0 Å². The molecule has 1 aromatic heterocycles. The predicted octanol–water partition coefficient (Wildman–Crippen LogP) is 6.80. The first-order valence-corrected chi connectivity index (χ1v) is 10.6. The van der Waals surface area contributed by atoms with Gasteiger partial charge in [0, 0.05) is 22.9 Å². The highest BCUT2D eigenvalue weighted by Gasteiger charge is 1.97. The van der Waals surface area contributed by atoms with E-state index in [0.717, 1.165) is 22.4 Å². The second-order valence-electron chi connectivity index (χ2n) is 8.06. The summed E-state index contributed by atoms with van der Waals surface area (Å²) in [4.78, 5) is 4.46. The van der Waals surface area contributed by atoms with E-state index in [1.807, 2.05) is 12.1 Å². The molecule has 0 amide bonds. The van der Waals surface area contributed by atoms with Gasteiger partial charge in [-0.05, 0) is 77.7 Å². The molecule has 0 atom stereocenters. The lowest BCUT2D eigenvalue weighted by Crippen LogP contribution is -1.85. The van der Waals surface area contributed by atoms with Gasteiger partial charge in [-0.2, -0.15) is 0 Å². The van der Waals surface area contributed by atoms with Gasteiger partial charge in [0.05, 0.1) is 0 Å². The van der Waals surface area contributed by atoms with Crippen LogP contribution in [-0.4, -0.2) is 4.98 Å². The van der Waals surface area contributed by atoms with Gasteiger partial charge in [-0.25, -0.2) is 4.98 Å². The van der Waals surface area contributed by atoms with Gasteiger partial charge in [-0.1, -0.05) is 77.4 Å². The van der Waals surface area contributed by atoms with Crippen molar-refractivity contribution in [2.75, 3.05) is 0 Å². The van der Waals surface area contributed by atoms with Crippen LogP contribution in [0, 0.1) is 37.5 Å². The Balaban J connectivity index is 1.33. The van der Waals surface area contributed by atoms with Crippen LogP contribution >= 0.6 is 0 Å². The first kappa shape index (κ1) is 19.6. The minimum atomic E-state index is 0.737. The normalized spacial score (nSPS) is 10.3. The van der Waals surface area contributed by atoms with Crippen LogP contribution in [0.4, 0.5) is 0 Å². The number of aryl methyl sites for hydroxylation is 2. The standard InChI is InChI=1S/C31H21N/c1-22-3-11-29-19-24(7-13-27(29)17-22)5-6-26-10-16-31(32-21-26)15-9-25-8-14-28-18-23(2)4-12-30(28)20-25/h3-4,7-8,10-14,16-21H,1-2H3. The summed E-state index contributed by atoms with van der Waals surface area (Å²) in [5.74, 6) is 12.8. The van der Waals surface area contributed by atoms with Crippen LogP contribution in [0.1, 0.15) is 33.5 Å². The Bertz CT molecular complexity index is 1460. The highest BCUT2D eigenvalue weighted by molar-refractivity contribution is 5.85. The van der Waals surface area contributed by atoms with Crippen molar-refractivity contribution in [2.24, 2.45) is 0 Å². The van der Waals surface area contributed by atoms with Crippen LogP contribution in [0.15, 0.2) is 91.1 Å². The average molecular weight is 408 g/mol. The van der Waals surface area contributed by atoms with Crippen molar-refractivity contribution < 1.29 is 0 Å². The smallest absolute Gasteiger partial charge is 0.113 e. The zero-order valence-electron chi connectivity index (χ0n) is 18.1. The third-order valence-electron chi connectivity index (χ3n) is 5.44. The van der Waals surface area contributed by atoms with E-state index in [9.17, 15) is 0 Å². The molecule has 0 N–H and O–H groups in total. The lowest BCUT2D eigenvalue weighted by atomic mass is 10.0. The molecule has 1 heteroatoms. The Kier molecular flexibility index (Phi) is 5.17. The second-order valence-corrected chi connectivity index (χ2v) is 8.06. The summed E-state index contributed by atoms with van der Waals surface area (Å²) >= 11 is 0. The van der Waals surface area contributed by atoms with Crippen molar-refractivity contribution in [1.82, 2.24) is 4.98 Å². The zero-order chi connectivity index (χ0) is 21.9. The van der Waals surface area contributed by atoms with E-state index in [2.05, 4.69) is 115 Å². The zero-order valence-corrected chi connectivity index (χ0v) is 18.1. The number of nitrogens with zero attached hydrogens (tertiary/aromatic N) is 1. The summed E-state index contributed by atoms with van der Waals surface area (Å²) in [5.41, 5.74) is 6.12.